The smallest absolute Gasteiger partial charge is 0.138 e. The normalized spacial score (nSPS) is 16.7. The Morgan fingerprint density at radius 1 is 1.25 bits per heavy atom. The molecular weight excluding hydrogens is 246 g/mol. The van der Waals surface area contributed by atoms with Crippen LogP contribution in [0.5, 0.6) is 0 Å². The predicted octanol–water partition coefficient (Wildman–Crippen LogP) is 3.72. The van der Waals surface area contributed by atoms with Gasteiger partial charge in [-0.05, 0) is 30.4 Å². The van der Waals surface area contributed by atoms with Gasteiger partial charge in [0.05, 0.1) is 0 Å². The third-order valence-corrected chi connectivity index (χ3v) is 3.88. The molecule has 0 saturated heterocycles. The number of nitrogens with one attached hydrogen (secondary N) is 1. The van der Waals surface area contributed by atoms with Crippen molar-refractivity contribution in [3.63, 3.8) is 0 Å². The van der Waals surface area contributed by atoms with Gasteiger partial charge in [0.2, 0.25) is 0 Å². The molecule has 0 saturated carbocycles. The van der Waals surface area contributed by atoms with E-state index >= 15 is 0 Å². The fourth-order valence-corrected chi connectivity index (χ4v) is 2.70. The summed E-state index contributed by atoms with van der Waals surface area (Å²) in [7, 11) is 0. The van der Waals surface area contributed by atoms with Crippen LogP contribution in [0.15, 0.2) is 30.3 Å². The summed E-state index contributed by atoms with van der Waals surface area (Å²) in [6.45, 7) is 7.33. The summed E-state index contributed by atoms with van der Waals surface area (Å²) in [5, 5.41) is 3.32. The molecule has 0 fully saturated rings. The zero-order valence-corrected chi connectivity index (χ0v) is 12.4. The molecule has 1 aromatic carbocycles. The maximum atomic E-state index is 4.78. The van der Waals surface area contributed by atoms with Crippen molar-refractivity contribution in [2.24, 2.45) is 0 Å². The standard InChI is InChI=1S/C17H21N3/c1-4-18-16-10-15(11(2)3)19-17(20-16)14-9-12-7-5-6-8-13(12)14/h5-8,10-11,14H,4,9H2,1-3H3,(H,18,19,20). The van der Waals surface area contributed by atoms with E-state index in [0.717, 1.165) is 30.3 Å². The molecule has 1 heterocycles. The number of hydrogen-bond acceptors (Lipinski definition) is 3. The molecule has 1 aromatic heterocycles. The summed E-state index contributed by atoms with van der Waals surface area (Å²) in [5.74, 6) is 2.70. The largest absolute Gasteiger partial charge is 0.370 e. The van der Waals surface area contributed by atoms with Crippen molar-refractivity contribution < 1.29 is 0 Å². The zero-order chi connectivity index (χ0) is 14.1. The highest BCUT2D eigenvalue weighted by atomic mass is 15.0. The number of benzene rings is 1. The molecule has 1 aliphatic rings. The molecule has 3 rings (SSSR count). The quantitative estimate of drug-likeness (QED) is 0.917. The molecule has 3 heteroatoms. The first kappa shape index (κ1) is 13.1. The van der Waals surface area contributed by atoms with E-state index in [-0.39, 0.29) is 0 Å². The van der Waals surface area contributed by atoms with Gasteiger partial charge in [-0.2, -0.15) is 0 Å². The first-order chi connectivity index (χ1) is 9.69. The molecule has 0 radical (unpaired) electrons. The maximum Gasteiger partial charge on any atom is 0.138 e. The van der Waals surface area contributed by atoms with Crippen LogP contribution in [0.25, 0.3) is 0 Å². The SMILES string of the molecule is CCNc1cc(C(C)C)nc(C2Cc3ccccc32)n1. The Kier molecular flexibility index (Phi) is 3.43. The summed E-state index contributed by atoms with van der Waals surface area (Å²) < 4.78 is 0. The monoisotopic (exact) mass is 267 g/mol. The molecule has 3 nitrogen and oxygen atoms in total. The Morgan fingerprint density at radius 3 is 2.75 bits per heavy atom. The number of rotatable bonds is 4. The van der Waals surface area contributed by atoms with Crippen molar-refractivity contribution in [3.05, 3.63) is 53.0 Å². The molecule has 0 bridgehead atoms. The van der Waals surface area contributed by atoms with Crippen LogP contribution in [0, 0.1) is 0 Å². The second kappa shape index (κ2) is 5.23. The van der Waals surface area contributed by atoms with E-state index in [1.807, 2.05) is 0 Å². The minimum atomic E-state index is 0.363. The molecule has 0 aliphatic heterocycles. The summed E-state index contributed by atoms with van der Waals surface area (Å²) in [6, 6.07) is 10.7. The van der Waals surface area contributed by atoms with Crippen molar-refractivity contribution in [3.8, 4) is 0 Å². The number of anilines is 1. The highest BCUT2D eigenvalue weighted by molar-refractivity contribution is 5.46. The van der Waals surface area contributed by atoms with Crippen LogP contribution in [0.1, 0.15) is 55.3 Å². The highest BCUT2D eigenvalue weighted by Crippen LogP contribution is 2.39. The van der Waals surface area contributed by atoms with Crippen LogP contribution in [0.2, 0.25) is 0 Å². The third kappa shape index (κ3) is 2.28. The lowest BCUT2D eigenvalue weighted by atomic mass is 9.77. The molecular formula is C17H21N3. The Bertz CT molecular complexity index is 619. The molecule has 2 aromatic rings. The molecule has 1 unspecified atom stereocenters. The summed E-state index contributed by atoms with van der Waals surface area (Å²) in [5.41, 5.74) is 3.94. The van der Waals surface area contributed by atoms with Gasteiger partial charge in [-0.15, -0.1) is 0 Å². The highest BCUT2D eigenvalue weighted by Gasteiger charge is 2.29. The van der Waals surface area contributed by atoms with Crippen molar-refractivity contribution in [2.45, 2.75) is 39.0 Å². The van der Waals surface area contributed by atoms with Crippen LogP contribution in [0.3, 0.4) is 0 Å². The van der Waals surface area contributed by atoms with E-state index in [2.05, 4.69) is 56.4 Å². The molecule has 0 spiro atoms. The lowest BCUT2D eigenvalue weighted by Gasteiger charge is -2.29. The number of fused-ring (bicyclic) bond motifs is 1. The van der Waals surface area contributed by atoms with Gasteiger partial charge in [-0.25, -0.2) is 9.97 Å². The Morgan fingerprint density at radius 2 is 2.05 bits per heavy atom. The lowest BCUT2D eigenvalue weighted by Crippen LogP contribution is -2.21. The van der Waals surface area contributed by atoms with E-state index in [1.165, 1.54) is 11.1 Å². The van der Waals surface area contributed by atoms with Crippen LogP contribution in [-0.2, 0) is 6.42 Å². The lowest BCUT2D eigenvalue weighted by molar-refractivity contribution is 0.647. The van der Waals surface area contributed by atoms with Crippen LogP contribution < -0.4 is 5.32 Å². The second-order valence-corrected chi connectivity index (χ2v) is 5.68. The van der Waals surface area contributed by atoms with Crippen LogP contribution in [-0.4, -0.2) is 16.5 Å². The van der Waals surface area contributed by atoms with Crippen molar-refractivity contribution in [1.29, 1.82) is 0 Å². The fourth-order valence-electron chi connectivity index (χ4n) is 2.70. The average Bonchev–Trinajstić information content (AvgIpc) is 2.40. The Balaban J connectivity index is 1.98. The van der Waals surface area contributed by atoms with Gasteiger partial charge in [-0.3, -0.25) is 0 Å². The van der Waals surface area contributed by atoms with Gasteiger partial charge in [0.15, 0.2) is 0 Å². The summed E-state index contributed by atoms with van der Waals surface area (Å²) >= 11 is 0. The molecule has 0 amide bonds. The van der Waals surface area contributed by atoms with E-state index < -0.39 is 0 Å². The topological polar surface area (TPSA) is 37.8 Å². The average molecular weight is 267 g/mol. The van der Waals surface area contributed by atoms with E-state index in [0.29, 0.717) is 11.8 Å². The van der Waals surface area contributed by atoms with Gasteiger partial charge >= 0.3 is 0 Å². The van der Waals surface area contributed by atoms with Gasteiger partial charge in [0.1, 0.15) is 11.6 Å². The van der Waals surface area contributed by atoms with Crippen molar-refractivity contribution >= 4 is 5.82 Å². The Hall–Kier alpha value is -1.90. The van der Waals surface area contributed by atoms with E-state index in [1.54, 1.807) is 0 Å². The van der Waals surface area contributed by atoms with Crippen molar-refractivity contribution in [1.82, 2.24) is 9.97 Å². The number of aromatic nitrogens is 2. The fraction of sp³-hybridized carbons (Fsp3) is 0.412. The summed E-state index contributed by atoms with van der Waals surface area (Å²) in [6.07, 6.45) is 1.06. The maximum absolute atomic E-state index is 4.78. The Labute approximate surface area is 120 Å². The minimum Gasteiger partial charge on any atom is -0.370 e. The molecule has 1 aliphatic carbocycles. The second-order valence-electron chi connectivity index (χ2n) is 5.68. The van der Waals surface area contributed by atoms with Gasteiger partial charge < -0.3 is 5.32 Å². The van der Waals surface area contributed by atoms with Crippen LogP contribution >= 0.6 is 0 Å². The van der Waals surface area contributed by atoms with Gasteiger partial charge in [-0.1, -0.05) is 38.1 Å². The summed E-state index contributed by atoms with van der Waals surface area (Å²) in [4.78, 5) is 9.49. The van der Waals surface area contributed by atoms with Crippen molar-refractivity contribution in [2.75, 3.05) is 11.9 Å². The van der Waals surface area contributed by atoms with Gasteiger partial charge in [0.25, 0.3) is 0 Å². The third-order valence-electron chi connectivity index (χ3n) is 3.88. The first-order valence-electron chi connectivity index (χ1n) is 7.39. The van der Waals surface area contributed by atoms with Gasteiger partial charge in [0, 0.05) is 24.2 Å². The predicted molar refractivity (Wildman–Crippen MR) is 82.3 cm³/mol. The number of nitrogens with zero attached hydrogens (tertiary/aromatic N) is 2. The molecule has 20 heavy (non-hydrogen) atoms. The molecule has 1 atom stereocenters. The molecule has 1 N–H and O–H groups in total. The zero-order valence-electron chi connectivity index (χ0n) is 12.4. The molecule has 104 valence electrons. The number of hydrogen-bond donors (Lipinski definition) is 1. The van der Waals surface area contributed by atoms with E-state index in [9.17, 15) is 0 Å². The minimum absolute atomic E-state index is 0.363. The van der Waals surface area contributed by atoms with Crippen LogP contribution in [0.4, 0.5) is 5.82 Å². The first-order valence-corrected chi connectivity index (χ1v) is 7.39. The van der Waals surface area contributed by atoms with E-state index in [4.69, 9.17) is 9.97 Å².